The van der Waals surface area contributed by atoms with E-state index in [1.165, 1.54) is 16.9 Å². The van der Waals surface area contributed by atoms with Crippen LogP contribution in [0.2, 0.25) is 0 Å². The average Bonchev–Trinajstić information content (AvgIpc) is 3.36. The molecule has 2 heterocycles. The molecule has 1 N–H and O–H groups in total. The van der Waals surface area contributed by atoms with Gasteiger partial charge in [0.25, 0.3) is 0 Å². The third-order valence-electron chi connectivity index (χ3n) is 4.96. The first-order valence-corrected chi connectivity index (χ1v) is 11.1. The van der Waals surface area contributed by atoms with E-state index in [2.05, 4.69) is 36.5 Å². The summed E-state index contributed by atoms with van der Waals surface area (Å²) in [7, 11) is 0. The number of hydrogen-bond donors (Lipinski definition) is 1. The largest absolute Gasteiger partial charge is 0.462 e. The van der Waals surface area contributed by atoms with E-state index in [-0.39, 0.29) is 18.3 Å². The number of thiazole rings is 1. The number of anilines is 1. The number of nitrogens with zero attached hydrogens (tertiary/aromatic N) is 2. The van der Waals surface area contributed by atoms with Crippen molar-refractivity contribution >= 4 is 33.9 Å². The zero-order valence-corrected chi connectivity index (χ0v) is 18.2. The summed E-state index contributed by atoms with van der Waals surface area (Å²) < 4.78 is 6.94. The van der Waals surface area contributed by atoms with Crippen molar-refractivity contribution in [2.45, 2.75) is 26.7 Å². The number of carbonyl (C=O) groups is 2. The third kappa shape index (κ3) is 4.67. The molecule has 7 heteroatoms. The number of imidazole rings is 1. The van der Waals surface area contributed by atoms with Crippen LogP contribution in [0.5, 0.6) is 0 Å². The van der Waals surface area contributed by atoms with Crippen LogP contribution in [0.25, 0.3) is 16.2 Å². The van der Waals surface area contributed by atoms with E-state index in [0.717, 1.165) is 28.3 Å². The molecule has 0 aliphatic rings. The van der Waals surface area contributed by atoms with Gasteiger partial charge in [-0.3, -0.25) is 9.20 Å². The summed E-state index contributed by atoms with van der Waals surface area (Å²) in [6.07, 6.45) is 3.21. The normalized spacial score (nSPS) is 10.9. The first kappa shape index (κ1) is 20.8. The number of carbonyl (C=O) groups excluding carboxylic acids is 2. The van der Waals surface area contributed by atoms with E-state index in [1.807, 2.05) is 16.0 Å². The summed E-state index contributed by atoms with van der Waals surface area (Å²) in [5.41, 5.74) is 5.21. The Morgan fingerprint density at radius 1 is 1.06 bits per heavy atom. The van der Waals surface area contributed by atoms with E-state index < -0.39 is 0 Å². The highest BCUT2D eigenvalue weighted by Crippen LogP contribution is 2.24. The average molecular weight is 434 g/mol. The molecule has 158 valence electrons. The van der Waals surface area contributed by atoms with Gasteiger partial charge < -0.3 is 10.1 Å². The Morgan fingerprint density at radius 3 is 2.48 bits per heavy atom. The lowest BCUT2D eigenvalue weighted by atomic mass is 10.1. The summed E-state index contributed by atoms with van der Waals surface area (Å²) >= 11 is 1.52. The maximum Gasteiger partial charge on any atom is 0.338 e. The minimum absolute atomic E-state index is 0.133. The van der Waals surface area contributed by atoms with Crippen molar-refractivity contribution in [2.24, 2.45) is 0 Å². The van der Waals surface area contributed by atoms with Gasteiger partial charge in [0.05, 0.1) is 24.3 Å². The molecule has 0 atom stereocenters. The predicted octanol–water partition coefficient (Wildman–Crippen LogP) is 4.98. The van der Waals surface area contributed by atoms with Gasteiger partial charge >= 0.3 is 5.97 Å². The van der Waals surface area contributed by atoms with E-state index in [1.54, 1.807) is 31.2 Å². The third-order valence-corrected chi connectivity index (χ3v) is 5.85. The van der Waals surface area contributed by atoms with Gasteiger partial charge in [-0.25, -0.2) is 9.78 Å². The lowest BCUT2D eigenvalue weighted by Gasteiger charge is -2.06. The van der Waals surface area contributed by atoms with E-state index in [9.17, 15) is 9.59 Å². The molecule has 4 aromatic rings. The molecule has 2 aromatic heterocycles. The van der Waals surface area contributed by atoms with Crippen molar-refractivity contribution in [3.05, 3.63) is 76.9 Å². The highest BCUT2D eigenvalue weighted by molar-refractivity contribution is 7.15. The Bertz CT molecular complexity index is 1210. The van der Waals surface area contributed by atoms with E-state index in [4.69, 9.17) is 9.72 Å². The molecule has 4 rings (SSSR count). The molecule has 0 saturated heterocycles. The minimum atomic E-state index is -0.374. The van der Waals surface area contributed by atoms with Crippen LogP contribution in [0, 0.1) is 0 Å². The first-order valence-electron chi connectivity index (χ1n) is 10.2. The summed E-state index contributed by atoms with van der Waals surface area (Å²) in [5.74, 6) is -0.507. The Hall–Kier alpha value is -3.45. The molecule has 0 spiro atoms. The standard InChI is InChI=1S/C24H23N3O3S/c1-3-16-5-7-17(8-6-16)21-14-27-20(15-31-24(27)26-21)13-22(28)25-19-11-9-18(10-12-19)23(29)30-4-2/h5-12,14-15H,3-4,13H2,1-2H3,(H,25,28). The second-order valence-electron chi connectivity index (χ2n) is 7.08. The SMILES string of the molecule is CCOC(=O)c1ccc(NC(=O)Cc2csc3nc(-c4ccc(CC)cc4)cn23)cc1. The Labute approximate surface area is 184 Å². The van der Waals surface area contributed by atoms with Crippen LogP contribution >= 0.6 is 11.3 Å². The van der Waals surface area contributed by atoms with Crippen molar-refractivity contribution in [3.63, 3.8) is 0 Å². The molecule has 0 radical (unpaired) electrons. The van der Waals surface area contributed by atoms with Gasteiger partial charge in [0.1, 0.15) is 0 Å². The summed E-state index contributed by atoms with van der Waals surface area (Å²) in [6, 6.07) is 15.1. The second kappa shape index (κ2) is 9.14. The van der Waals surface area contributed by atoms with Crippen LogP contribution in [-0.4, -0.2) is 27.9 Å². The van der Waals surface area contributed by atoms with Crippen LogP contribution < -0.4 is 5.32 Å². The zero-order chi connectivity index (χ0) is 21.8. The smallest absolute Gasteiger partial charge is 0.338 e. The van der Waals surface area contributed by atoms with E-state index >= 15 is 0 Å². The summed E-state index contributed by atoms with van der Waals surface area (Å²) in [5, 5.41) is 4.83. The van der Waals surface area contributed by atoms with Gasteiger partial charge in [-0.1, -0.05) is 31.2 Å². The van der Waals surface area contributed by atoms with Gasteiger partial charge in [0.15, 0.2) is 4.96 Å². The van der Waals surface area contributed by atoms with Gasteiger partial charge in [0.2, 0.25) is 5.91 Å². The van der Waals surface area contributed by atoms with Crippen LogP contribution in [0.3, 0.4) is 0 Å². The van der Waals surface area contributed by atoms with Crippen molar-refractivity contribution in [2.75, 3.05) is 11.9 Å². The Morgan fingerprint density at radius 2 is 1.81 bits per heavy atom. The molecule has 0 aliphatic carbocycles. The molecule has 0 bridgehead atoms. The molecular weight excluding hydrogens is 410 g/mol. The Balaban J connectivity index is 1.45. The van der Waals surface area contributed by atoms with Crippen LogP contribution in [0.15, 0.2) is 60.1 Å². The fraction of sp³-hybridized carbons (Fsp3) is 0.208. The van der Waals surface area contributed by atoms with Gasteiger partial charge in [-0.2, -0.15) is 0 Å². The number of ether oxygens (including phenoxy) is 1. The second-order valence-corrected chi connectivity index (χ2v) is 7.92. The number of aromatic nitrogens is 2. The predicted molar refractivity (Wildman–Crippen MR) is 123 cm³/mol. The molecule has 0 saturated carbocycles. The lowest BCUT2D eigenvalue weighted by molar-refractivity contribution is -0.115. The highest BCUT2D eigenvalue weighted by Gasteiger charge is 2.13. The molecule has 0 fully saturated rings. The van der Waals surface area contributed by atoms with Crippen molar-refractivity contribution in [3.8, 4) is 11.3 Å². The number of hydrogen-bond acceptors (Lipinski definition) is 5. The van der Waals surface area contributed by atoms with Gasteiger partial charge in [-0.15, -0.1) is 11.3 Å². The number of aryl methyl sites for hydroxylation is 1. The molecule has 2 aromatic carbocycles. The van der Waals surface area contributed by atoms with Crippen LogP contribution in [-0.2, 0) is 22.4 Å². The van der Waals surface area contributed by atoms with Crippen LogP contribution in [0.1, 0.15) is 35.5 Å². The molecule has 0 aliphatic heterocycles. The number of benzene rings is 2. The fourth-order valence-electron chi connectivity index (χ4n) is 3.28. The number of nitrogens with one attached hydrogen (secondary N) is 1. The number of amides is 1. The molecule has 1 amide bonds. The fourth-order valence-corrected chi connectivity index (χ4v) is 4.15. The van der Waals surface area contributed by atoms with Crippen molar-refractivity contribution < 1.29 is 14.3 Å². The summed E-state index contributed by atoms with van der Waals surface area (Å²) in [6.45, 7) is 4.22. The van der Waals surface area contributed by atoms with E-state index in [0.29, 0.717) is 17.9 Å². The molecule has 6 nitrogen and oxygen atoms in total. The van der Waals surface area contributed by atoms with Gasteiger partial charge in [-0.05, 0) is 43.2 Å². The number of esters is 1. The quantitative estimate of drug-likeness (QED) is 0.417. The van der Waals surface area contributed by atoms with Crippen LogP contribution in [0.4, 0.5) is 5.69 Å². The Kier molecular flexibility index (Phi) is 6.13. The number of fused-ring (bicyclic) bond motifs is 1. The lowest BCUT2D eigenvalue weighted by Crippen LogP contribution is -2.15. The molecule has 0 unspecified atom stereocenters. The van der Waals surface area contributed by atoms with Gasteiger partial charge in [0, 0.05) is 28.5 Å². The topological polar surface area (TPSA) is 72.7 Å². The molecular formula is C24H23N3O3S. The first-order chi connectivity index (χ1) is 15.1. The van der Waals surface area contributed by atoms with Crippen molar-refractivity contribution in [1.29, 1.82) is 0 Å². The maximum atomic E-state index is 12.6. The minimum Gasteiger partial charge on any atom is -0.462 e. The summed E-state index contributed by atoms with van der Waals surface area (Å²) in [4.78, 5) is 29.8. The molecule has 31 heavy (non-hydrogen) atoms. The highest BCUT2D eigenvalue weighted by atomic mass is 32.1. The zero-order valence-electron chi connectivity index (χ0n) is 17.4. The maximum absolute atomic E-state index is 12.6. The van der Waals surface area contributed by atoms with Crippen molar-refractivity contribution in [1.82, 2.24) is 9.38 Å². The number of rotatable bonds is 7. The monoisotopic (exact) mass is 433 g/mol.